The van der Waals surface area contributed by atoms with Crippen LogP contribution in [0.25, 0.3) is 0 Å². The molecule has 0 saturated carbocycles. The maximum Gasteiger partial charge on any atom is 0.106 e. The van der Waals surface area contributed by atoms with E-state index in [9.17, 15) is 10.2 Å². The molecule has 1 rings (SSSR count). The molecule has 0 spiro atoms. The number of aliphatic hydroxyl groups is 2. The molecule has 2 unspecified atom stereocenters. The smallest absolute Gasteiger partial charge is 0.106 e. The highest BCUT2D eigenvalue weighted by atomic mass is 35.5. The van der Waals surface area contributed by atoms with Crippen LogP contribution < -0.4 is 11.5 Å². The predicted molar refractivity (Wildman–Crippen MR) is 55.9 cm³/mol. The van der Waals surface area contributed by atoms with Gasteiger partial charge in [0, 0.05) is 17.3 Å². The number of hydrogen-bond donors (Lipinski definition) is 4. The summed E-state index contributed by atoms with van der Waals surface area (Å²) in [6.07, 6.45) is -2.06. The van der Waals surface area contributed by atoms with Gasteiger partial charge in [-0.15, -0.1) is 0 Å². The Morgan fingerprint density at radius 2 is 1.93 bits per heavy atom. The molecular formula is C9H13ClN2O2. The summed E-state index contributed by atoms with van der Waals surface area (Å²) in [7, 11) is 0. The Bertz CT molecular complexity index is 299. The van der Waals surface area contributed by atoms with Crippen LogP contribution in [-0.2, 0) is 0 Å². The van der Waals surface area contributed by atoms with Crippen molar-refractivity contribution in [3.05, 3.63) is 28.8 Å². The molecule has 0 aromatic heterocycles. The maximum atomic E-state index is 9.59. The van der Waals surface area contributed by atoms with Crippen LogP contribution in [0.4, 0.5) is 5.69 Å². The molecule has 0 aliphatic carbocycles. The molecule has 0 bridgehead atoms. The summed E-state index contributed by atoms with van der Waals surface area (Å²) in [5, 5.41) is 19.3. The third-order valence-corrected chi connectivity index (χ3v) is 2.11. The number of nitrogen functional groups attached to an aromatic ring is 1. The van der Waals surface area contributed by atoms with E-state index in [0.717, 1.165) is 0 Å². The average Bonchev–Trinajstić information content (AvgIpc) is 2.14. The molecule has 1 aromatic carbocycles. The number of hydrogen-bond acceptors (Lipinski definition) is 4. The Morgan fingerprint density at radius 3 is 2.43 bits per heavy atom. The van der Waals surface area contributed by atoms with E-state index < -0.39 is 12.2 Å². The van der Waals surface area contributed by atoms with E-state index in [1.807, 2.05) is 0 Å². The maximum absolute atomic E-state index is 9.59. The van der Waals surface area contributed by atoms with Crippen LogP contribution >= 0.6 is 11.6 Å². The fourth-order valence-electron chi connectivity index (χ4n) is 1.16. The van der Waals surface area contributed by atoms with E-state index in [4.69, 9.17) is 23.1 Å². The summed E-state index contributed by atoms with van der Waals surface area (Å²) < 4.78 is 0. The molecule has 0 aliphatic rings. The van der Waals surface area contributed by atoms with Gasteiger partial charge < -0.3 is 21.7 Å². The van der Waals surface area contributed by atoms with Gasteiger partial charge in [0.05, 0.1) is 6.10 Å². The molecule has 0 amide bonds. The standard InChI is InChI=1S/C9H13ClN2O2/c10-6-1-5(2-7(12)3-6)9(14)8(13)4-11/h1-3,8-9,13-14H,4,11-12H2. The van der Waals surface area contributed by atoms with Gasteiger partial charge in [-0.05, 0) is 23.8 Å². The predicted octanol–water partition coefficient (Wildman–Crippen LogP) is 0.275. The zero-order valence-electron chi connectivity index (χ0n) is 7.52. The van der Waals surface area contributed by atoms with Gasteiger partial charge in [0.15, 0.2) is 0 Å². The fraction of sp³-hybridized carbons (Fsp3) is 0.333. The zero-order valence-corrected chi connectivity index (χ0v) is 8.28. The molecule has 0 heterocycles. The van der Waals surface area contributed by atoms with Gasteiger partial charge >= 0.3 is 0 Å². The second-order valence-electron chi connectivity index (χ2n) is 3.07. The van der Waals surface area contributed by atoms with Gasteiger partial charge in [0.1, 0.15) is 6.10 Å². The van der Waals surface area contributed by atoms with Crippen molar-refractivity contribution in [2.24, 2.45) is 5.73 Å². The van der Waals surface area contributed by atoms with Gasteiger partial charge in [-0.2, -0.15) is 0 Å². The van der Waals surface area contributed by atoms with Crippen LogP contribution in [0.2, 0.25) is 5.02 Å². The minimum absolute atomic E-state index is 0.0203. The van der Waals surface area contributed by atoms with Crippen LogP contribution in [-0.4, -0.2) is 22.9 Å². The van der Waals surface area contributed by atoms with Crippen molar-refractivity contribution >= 4 is 17.3 Å². The Morgan fingerprint density at radius 1 is 1.29 bits per heavy atom. The van der Waals surface area contributed by atoms with Crippen LogP contribution in [0.15, 0.2) is 18.2 Å². The second kappa shape index (κ2) is 4.61. The fourth-order valence-corrected chi connectivity index (χ4v) is 1.41. The molecule has 4 nitrogen and oxygen atoms in total. The first-order chi connectivity index (χ1) is 6.54. The van der Waals surface area contributed by atoms with Crippen LogP contribution in [0.3, 0.4) is 0 Å². The van der Waals surface area contributed by atoms with Gasteiger partial charge in [0.25, 0.3) is 0 Å². The zero-order chi connectivity index (χ0) is 10.7. The largest absolute Gasteiger partial charge is 0.399 e. The Kier molecular flexibility index (Phi) is 3.71. The second-order valence-corrected chi connectivity index (χ2v) is 3.50. The van der Waals surface area contributed by atoms with Crippen LogP contribution in [0, 0.1) is 0 Å². The molecule has 78 valence electrons. The minimum atomic E-state index is -1.05. The topological polar surface area (TPSA) is 92.5 Å². The third-order valence-electron chi connectivity index (χ3n) is 1.89. The van der Waals surface area contributed by atoms with Crippen LogP contribution in [0.1, 0.15) is 11.7 Å². The summed E-state index contributed by atoms with van der Waals surface area (Å²) in [5.74, 6) is 0. The van der Waals surface area contributed by atoms with E-state index >= 15 is 0 Å². The SMILES string of the molecule is NCC(O)C(O)c1cc(N)cc(Cl)c1. The van der Waals surface area contributed by atoms with Crippen molar-refractivity contribution in [1.82, 2.24) is 0 Å². The monoisotopic (exact) mass is 216 g/mol. The van der Waals surface area contributed by atoms with Gasteiger partial charge in [-0.1, -0.05) is 11.6 Å². The molecular weight excluding hydrogens is 204 g/mol. The highest BCUT2D eigenvalue weighted by molar-refractivity contribution is 6.30. The van der Waals surface area contributed by atoms with Gasteiger partial charge in [-0.25, -0.2) is 0 Å². The van der Waals surface area contributed by atoms with Crippen molar-refractivity contribution in [2.45, 2.75) is 12.2 Å². The van der Waals surface area contributed by atoms with E-state index in [1.165, 1.54) is 0 Å². The Balaban J connectivity index is 2.94. The molecule has 0 aliphatic heterocycles. The quantitative estimate of drug-likeness (QED) is 0.546. The first-order valence-corrected chi connectivity index (χ1v) is 4.54. The van der Waals surface area contributed by atoms with Crippen molar-refractivity contribution in [3.63, 3.8) is 0 Å². The lowest BCUT2D eigenvalue weighted by molar-refractivity contribution is 0.0244. The average molecular weight is 217 g/mol. The van der Waals surface area contributed by atoms with Gasteiger partial charge in [0.2, 0.25) is 0 Å². The lowest BCUT2D eigenvalue weighted by Gasteiger charge is -2.16. The van der Waals surface area contributed by atoms with Crippen molar-refractivity contribution in [3.8, 4) is 0 Å². The number of benzene rings is 1. The van der Waals surface area contributed by atoms with E-state index in [0.29, 0.717) is 16.3 Å². The van der Waals surface area contributed by atoms with Crippen molar-refractivity contribution in [2.75, 3.05) is 12.3 Å². The summed E-state index contributed by atoms with van der Waals surface area (Å²) in [4.78, 5) is 0. The van der Waals surface area contributed by atoms with Gasteiger partial charge in [-0.3, -0.25) is 0 Å². The van der Waals surface area contributed by atoms with E-state index in [-0.39, 0.29) is 6.54 Å². The number of aliphatic hydroxyl groups excluding tert-OH is 2. The molecule has 2 atom stereocenters. The highest BCUT2D eigenvalue weighted by Crippen LogP contribution is 2.23. The number of halogens is 1. The normalized spacial score (nSPS) is 15.1. The summed E-state index contributed by atoms with van der Waals surface area (Å²) >= 11 is 5.74. The minimum Gasteiger partial charge on any atom is -0.399 e. The molecule has 0 fully saturated rings. The number of anilines is 1. The first-order valence-electron chi connectivity index (χ1n) is 4.16. The Hall–Kier alpha value is -0.810. The van der Waals surface area contributed by atoms with Crippen molar-refractivity contribution in [1.29, 1.82) is 0 Å². The molecule has 0 saturated heterocycles. The number of nitrogens with two attached hydrogens (primary N) is 2. The first kappa shape index (κ1) is 11.3. The highest BCUT2D eigenvalue weighted by Gasteiger charge is 2.17. The third kappa shape index (κ3) is 2.59. The van der Waals surface area contributed by atoms with Crippen molar-refractivity contribution < 1.29 is 10.2 Å². The molecule has 6 N–H and O–H groups in total. The summed E-state index contributed by atoms with van der Waals surface area (Å²) in [5.41, 5.74) is 11.6. The number of rotatable bonds is 3. The van der Waals surface area contributed by atoms with Crippen LogP contribution in [0.5, 0.6) is 0 Å². The molecule has 0 radical (unpaired) electrons. The molecule has 5 heteroatoms. The lowest BCUT2D eigenvalue weighted by Crippen LogP contribution is -2.27. The van der Waals surface area contributed by atoms with E-state index in [2.05, 4.69) is 0 Å². The summed E-state index contributed by atoms with van der Waals surface area (Å²) in [6, 6.07) is 4.66. The lowest BCUT2D eigenvalue weighted by atomic mass is 10.0. The summed E-state index contributed by atoms with van der Waals surface area (Å²) in [6.45, 7) is -0.0203. The molecule has 1 aromatic rings. The van der Waals surface area contributed by atoms with E-state index in [1.54, 1.807) is 18.2 Å². The molecule has 14 heavy (non-hydrogen) atoms. The Labute approximate surface area is 87.1 Å².